The maximum Gasteiger partial charge on any atom is 0.411 e. The lowest BCUT2D eigenvalue weighted by atomic mass is 9.58. The van der Waals surface area contributed by atoms with Gasteiger partial charge >= 0.3 is 6.09 Å². The number of aliphatic hydroxyl groups excluding tert-OH is 1. The van der Waals surface area contributed by atoms with Gasteiger partial charge in [0.2, 0.25) is 5.91 Å². The summed E-state index contributed by atoms with van der Waals surface area (Å²) in [6.45, 7) is 17.1. The smallest absolute Gasteiger partial charge is 0.411 e. The molecule has 1 saturated heterocycles. The Morgan fingerprint density at radius 3 is 2.24 bits per heavy atom. The first-order chi connectivity index (χ1) is 31.4. The van der Waals surface area contributed by atoms with E-state index in [0.29, 0.717) is 34.8 Å². The zero-order chi connectivity index (χ0) is 47.9. The highest BCUT2D eigenvalue weighted by atomic mass is 16.7. The highest BCUT2D eigenvalue weighted by molar-refractivity contribution is 5.97. The second-order valence-electron chi connectivity index (χ2n) is 19.9. The zero-order valence-electron chi connectivity index (χ0n) is 40.8. The molecule has 356 valence electrons. The molecule has 2 fully saturated rings. The van der Waals surface area contributed by atoms with Crippen LogP contribution in [0.4, 0.5) is 16.2 Å². The maximum atomic E-state index is 14.9. The van der Waals surface area contributed by atoms with E-state index < -0.39 is 36.9 Å². The van der Waals surface area contributed by atoms with E-state index in [4.69, 9.17) is 14.3 Å². The second-order valence-corrected chi connectivity index (χ2v) is 19.9. The summed E-state index contributed by atoms with van der Waals surface area (Å²) < 4.78 is 12.2. The van der Waals surface area contributed by atoms with Crippen LogP contribution < -0.4 is 25.6 Å². The predicted octanol–water partition coefficient (Wildman–Crippen LogP) is 9.37. The van der Waals surface area contributed by atoms with Gasteiger partial charge in [-0.3, -0.25) is 19.7 Å². The molecule has 1 heterocycles. The number of rotatable bonds is 17. The molecule has 3 amide bonds. The number of amides is 3. The van der Waals surface area contributed by atoms with Crippen LogP contribution in [0, 0.1) is 35.0 Å². The number of methoxy groups -OCH3 is 1. The molecule has 1 aliphatic carbocycles. The fraction of sp³-hybridized carbons (Fsp3) is 0.500. The number of anilines is 2. The van der Waals surface area contributed by atoms with Crippen LogP contribution in [0.25, 0.3) is 11.1 Å². The van der Waals surface area contributed by atoms with Crippen molar-refractivity contribution in [1.29, 1.82) is 0 Å². The standard InChI is InChI=1S/C54H73N5O7/c1-33(2)25-43(27-38-19-14-12-15-20-38)55-51(61)41-28-40(29-44(30-41)58(9)10)45-24-18-21-39(50(45)64-11)31-59-49(52(62)57-46-26-34(3)54(7,8)36(5)35(46)4)48(47(32-60)66-59)37(6)65-53(63)56-42-22-16-13-17-23-42/h12-24,28-30,33-37,43,46-49,60H,25-27,31-32H2,1-11H3,(H,55,61)(H,56,63)(H,57,62)/t34-,35+,36+,37?,43-,46+,47+,48?,49+/m1/s1. The summed E-state index contributed by atoms with van der Waals surface area (Å²) in [5, 5.41) is 22.0. The first kappa shape index (κ1) is 50.0. The van der Waals surface area contributed by atoms with Gasteiger partial charge in [0.05, 0.1) is 26.2 Å². The number of carbonyl (C=O) groups is 3. The largest absolute Gasteiger partial charge is 0.496 e. The summed E-state index contributed by atoms with van der Waals surface area (Å²) in [7, 11) is 5.50. The zero-order valence-corrected chi connectivity index (χ0v) is 40.8. The topological polar surface area (TPSA) is 142 Å². The van der Waals surface area contributed by atoms with E-state index in [0.717, 1.165) is 41.6 Å². The van der Waals surface area contributed by atoms with Crippen LogP contribution in [-0.2, 0) is 27.3 Å². The molecular formula is C54H73N5O7. The summed E-state index contributed by atoms with van der Waals surface area (Å²) in [6.07, 6.45) is -0.0271. The Kier molecular flexibility index (Phi) is 16.6. The summed E-state index contributed by atoms with van der Waals surface area (Å²) in [4.78, 5) is 50.9. The molecule has 4 aromatic carbocycles. The van der Waals surface area contributed by atoms with Crippen LogP contribution in [0.15, 0.2) is 97.1 Å². The number of nitrogens with zero attached hydrogens (tertiary/aromatic N) is 2. The van der Waals surface area contributed by atoms with Crippen LogP contribution in [-0.4, -0.2) is 86.2 Å². The predicted molar refractivity (Wildman–Crippen MR) is 262 cm³/mol. The first-order valence-corrected chi connectivity index (χ1v) is 23.6. The van der Waals surface area contributed by atoms with Crippen LogP contribution >= 0.6 is 0 Å². The Hall–Kier alpha value is -5.43. The van der Waals surface area contributed by atoms with Crippen LogP contribution in [0.5, 0.6) is 5.75 Å². The first-order valence-electron chi connectivity index (χ1n) is 23.6. The molecule has 2 unspecified atom stereocenters. The van der Waals surface area contributed by atoms with Crippen molar-refractivity contribution in [1.82, 2.24) is 15.7 Å². The molecule has 6 rings (SSSR count). The van der Waals surface area contributed by atoms with Crippen molar-refractivity contribution in [3.63, 3.8) is 0 Å². The molecule has 4 aromatic rings. The lowest BCUT2D eigenvalue weighted by Crippen LogP contribution is -2.57. The number of hydrogen-bond acceptors (Lipinski definition) is 9. The Morgan fingerprint density at radius 1 is 0.924 bits per heavy atom. The molecule has 66 heavy (non-hydrogen) atoms. The highest BCUT2D eigenvalue weighted by Crippen LogP contribution is 2.48. The van der Waals surface area contributed by atoms with Gasteiger partial charge in [0.25, 0.3) is 5.91 Å². The van der Waals surface area contributed by atoms with Gasteiger partial charge in [-0.05, 0) is 96.7 Å². The van der Waals surface area contributed by atoms with Gasteiger partial charge in [-0.25, -0.2) is 4.79 Å². The molecular weight excluding hydrogens is 831 g/mol. The van der Waals surface area contributed by atoms with Crippen molar-refractivity contribution in [2.45, 2.75) is 112 Å². The number of nitrogens with one attached hydrogen (secondary N) is 3. The second kappa shape index (κ2) is 21.9. The quantitative estimate of drug-likeness (QED) is 0.0816. The average Bonchev–Trinajstić information content (AvgIpc) is 3.66. The maximum absolute atomic E-state index is 14.9. The third-order valence-electron chi connectivity index (χ3n) is 14.5. The van der Waals surface area contributed by atoms with Gasteiger partial charge in [0.15, 0.2) is 0 Å². The molecule has 0 aromatic heterocycles. The van der Waals surface area contributed by atoms with Gasteiger partial charge < -0.3 is 30.1 Å². The fourth-order valence-electron chi connectivity index (χ4n) is 10.0. The number of benzene rings is 4. The molecule has 12 nitrogen and oxygen atoms in total. The van der Waals surface area contributed by atoms with Crippen molar-refractivity contribution in [2.24, 2.45) is 35.0 Å². The number of carbonyl (C=O) groups excluding carboxylic acids is 3. The molecule has 12 heteroatoms. The molecule has 0 radical (unpaired) electrons. The van der Waals surface area contributed by atoms with Gasteiger partial charge in [-0.15, -0.1) is 0 Å². The Labute approximate surface area is 392 Å². The van der Waals surface area contributed by atoms with Gasteiger partial charge in [-0.2, -0.15) is 5.06 Å². The van der Waals surface area contributed by atoms with Gasteiger partial charge in [0, 0.05) is 54.2 Å². The Morgan fingerprint density at radius 2 is 1.61 bits per heavy atom. The van der Waals surface area contributed by atoms with E-state index in [1.165, 1.54) is 5.56 Å². The Bertz CT molecular complexity index is 2250. The lowest BCUT2D eigenvalue weighted by molar-refractivity contribution is -0.182. The molecule has 1 saturated carbocycles. The third-order valence-corrected chi connectivity index (χ3v) is 14.5. The van der Waals surface area contributed by atoms with Crippen LogP contribution in [0.3, 0.4) is 0 Å². The fourth-order valence-corrected chi connectivity index (χ4v) is 10.0. The minimum Gasteiger partial charge on any atom is -0.496 e. The van der Waals surface area contributed by atoms with Gasteiger partial charge in [0.1, 0.15) is 24.0 Å². The SMILES string of the molecule is COc1c(CN2O[C@@H](CO)C(C(C)OC(=O)Nc3ccccc3)[C@H]2C(=O)N[C@H]2C[C@@H](C)C(C)(C)[C@@H](C)[C@@H]2C)cccc1-c1cc(C(=O)N[C@@H](Cc2ccccc2)CC(C)C)cc(N(C)C)c1. The number of hydrogen-bond donors (Lipinski definition) is 4. The summed E-state index contributed by atoms with van der Waals surface area (Å²) in [5.74, 6) is 0.654. The number of ether oxygens (including phenoxy) is 2. The van der Waals surface area contributed by atoms with E-state index in [9.17, 15) is 19.5 Å². The van der Waals surface area contributed by atoms with E-state index in [-0.39, 0.29) is 41.8 Å². The number of hydroxylamine groups is 2. The Balaban J connectivity index is 1.33. The lowest BCUT2D eigenvalue weighted by Gasteiger charge is -2.50. The molecule has 0 bridgehead atoms. The highest BCUT2D eigenvalue weighted by Gasteiger charge is 2.52. The number of para-hydroxylation sites is 2. The van der Waals surface area contributed by atoms with E-state index in [2.05, 4.69) is 76.5 Å². The van der Waals surface area contributed by atoms with E-state index >= 15 is 0 Å². The summed E-state index contributed by atoms with van der Waals surface area (Å²) >= 11 is 0. The van der Waals surface area contributed by atoms with Crippen molar-refractivity contribution < 1.29 is 33.8 Å². The third kappa shape index (κ3) is 11.7. The van der Waals surface area contributed by atoms with E-state index in [1.807, 2.05) is 91.8 Å². The van der Waals surface area contributed by atoms with Crippen molar-refractivity contribution >= 4 is 29.3 Å². The monoisotopic (exact) mass is 904 g/mol. The van der Waals surface area contributed by atoms with Crippen LogP contribution in [0.1, 0.15) is 89.7 Å². The molecule has 1 aliphatic heterocycles. The summed E-state index contributed by atoms with van der Waals surface area (Å²) in [6, 6.07) is 29.7. The van der Waals surface area contributed by atoms with Crippen molar-refractivity contribution in [3.8, 4) is 16.9 Å². The normalized spacial score (nSPS) is 23.7. The number of aliphatic hydroxyl groups is 1. The van der Waals surface area contributed by atoms with Crippen molar-refractivity contribution in [3.05, 3.63) is 114 Å². The van der Waals surface area contributed by atoms with Crippen molar-refractivity contribution in [2.75, 3.05) is 38.0 Å². The molecule has 9 atom stereocenters. The minimum atomic E-state index is -0.954. The van der Waals surface area contributed by atoms with Gasteiger partial charge in [-0.1, -0.05) is 115 Å². The molecule has 2 aliphatic rings. The minimum absolute atomic E-state index is 0.0623. The molecule has 0 spiro atoms. The molecule has 4 N–H and O–H groups in total. The van der Waals surface area contributed by atoms with E-state index in [1.54, 1.807) is 31.2 Å². The summed E-state index contributed by atoms with van der Waals surface area (Å²) in [5.41, 5.74) is 5.44. The van der Waals surface area contributed by atoms with Crippen LogP contribution in [0.2, 0.25) is 0 Å². The average molecular weight is 904 g/mol.